The fourth-order valence-corrected chi connectivity index (χ4v) is 2.28. The molecule has 0 saturated heterocycles. The highest BCUT2D eigenvalue weighted by atomic mass is 16.5. The van der Waals surface area contributed by atoms with Gasteiger partial charge in [-0.15, -0.1) is 0 Å². The number of aliphatic hydroxyl groups is 1. The van der Waals surface area contributed by atoms with Crippen molar-refractivity contribution in [2.45, 2.75) is 12.5 Å². The smallest absolute Gasteiger partial charge is 0.258 e. The van der Waals surface area contributed by atoms with Gasteiger partial charge in [0.05, 0.1) is 0 Å². The van der Waals surface area contributed by atoms with E-state index in [1.54, 1.807) is 30.3 Å². The molecule has 24 heavy (non-hydrogen) atoms. The summed E-state index contributed by atoms with van der Waals surface area (Å²) in [5, 5.41) is 28.2. The van der Waals surface area contributed by atoms with Gasteiger partial charge in [-0.1, -0.05) is 54.6 Å². The summed E-state index contributed by atoms with van der Waals surface area (Å²) >= 11 is 0. The second kappa shape index (κ2) is 6.61. The quantitative estimate of drug-likeness (QED) is 0.289. The Morgan fingerprint density at radius 2 is 1.54 bits per heavy atom. The molecule has 0 spiro atoms. The standard InChI is InChI=1S/C17H17N3O4/c1-11(21)20(24)15(18)12-7-9-14(10-8-12)17(23,16(19)22)13-5-3-2-4-6-13/h2-10,18,23-24H,1H3,(H2,19,22). The van der Waals surface area contributed by atoms with Gasteiger partial charge < -0.3 is 10.8 Å². The second-order valence-corrected chi connectivity index (χ2v) is 5.20. The van der Waals surface area contributed by atoms with Crippen LogP contribution in [0.25, 0.3) is 0 Å². The van der Waals surface area contributed by atoms with E-state index in [-0.39, 0.29) is 16.2 Å². The van der Waals surface area contributed by atoms with Gasteiger partial charge in [-0.05, 0) is 11.1 Å². The van der Waals surface area contributed by atoms with Crippen LogP contribution in [-0.2, 0) is 15.2 Å². The lowest BCUT2D eigenvalue weighted by atomic mass is 9.85. The average molecular weight is 327 g/mol. The average Bonchev–Trinajstić information content (AvgIpc) is 2.60. The molecule has 0 fully saturated rings. The van der Waals surface area contributed by atoms with Crippen LogP contribution < -0.4 is 5.73 Å². The molecule has 0 aliphatic carbocycles. The van der Waals surface area contributed by atoms with Crippen LogP contribution in [0.2, 0.25) is 0 Å². The third-order valence-corrected chi connectivity index (χ3v) is 3.63. The number of benzene rings is 2. The maximum atomic E-state index is 11.9. The first kappa shape index (κ1) is 17.3. The van der Waals surface area contributed by atoms with Gasteiger partial charge in [0.2, 0.25) is 5.91 Å². The highest BCUT2D eigenvalue weighted by molar-refractivity contribution is 6.04. The molecule has 7 heteroatoms. The zero-order chi connectivity index (χ0) is 17.9. The summed E-state index contributed by atoms with van der Waals surface area (Å²) in [5.41, 5.74) is 4.13. The second-order valence-electron chi connectivity index (χ2n) is 5.20. The lowest BCUT2D eigenvalue weighted by Gasteiger charge is -2.26. The van der Waals surface area contributed by atoms with Crippen molar-refractivity contribution in [1.29, 1.82) is 5.41 Å². The maximum Gasteiger partial charge on any atom is 0.258 e. The molecule has 0 aliphatic heterocycles. The van der Waals surface area contributed by atoms with E-state index in [2.05, 4.69) is 0 Å². The van der Waals surface area contributed by atoms with Crippen molar-refractivity contribution >= 4 is 17.6 Å². The van der Waals surface area contributed by atoms with Crippen LogP contribution in [0.1, 0.15) is 23.6 Å². The first-order chi connectivity index (χ1) is 11.3. The van der Waals surface area contributed by atoms with E-state index in [9.17, 15) is 19.9 Å². The third-order valence-electron chi connectivity index (χ3n) is 3.63. The number of amides is 2. The normalized spacial score (nSPS) is 13.0. The molecule has 2 rings (SSSR count). The Morgan fingerprint density at radius 1 is 1.04 bits per heavy atom. The zero-order valence-corrected chi connectivity index (χ0v) is 12.9. The molecule has 5 N–H and O–H groups in total. The topological polar surface area (TPSA) is 128 Å². The van der Waals surface area contributed by atoms with Gasteiger partial charge in [0, 0.05) is 12.5 Å². The van der Waals surface area contributed by atoms with Gasteiger partial charge in [0.1, 0.15) is 0 Å². The zero-order valence-electron chi connectivity index (χ0n) is 12.9. The van der Waals surface area contributed by atoms with Crippen LogP contribution in [0.15, 0.2) is 54.6 Å². The Labute approximate surface area is 138 Å². The molecule has 0 heterocycles. The number of rotatable bonds is 4. The van der Waals surface area contributed by atoms with Crippen LogP contribution in [0.4, 0.5) is 0 Å². The van der Waals surface area contributed by atoms with Crippen LogP contribution in [0.3, 0.4) is 0 Å². The molecular formula is C17H17N3O4. The Kier molecular flexibility index (Phi) is 4.77. The number of carbonyl (C=O) groups is 2. The predicted octanol–water partition coefficient (Wildman–Crippen LogP) is 0.971. The molecule has 0 saturated carbocycles. The third kappa shape index (κ3) is 3.03. The molecule has 1 unspecified atom stereocenters. The molecule has 7 nitrogen and oxygen atoms in total. The number of carbonyl (C=O) groups excluding carboxylic acids is 2. The highest BCUT2D eigenvalue weighted by Crippen LogP contribution is 2.29. The van der Waals surface area contributed by atoms with Gasteiger partial charge in [-0.3, -0.25) is 20.2 Å². The van der Waals surface area contributed by atoms with Crippen molar-refractivity contribution in [1.82, 2.24) is 5.06 Å². The number of hydroxylamine groups is 2. The van der Waals surface area contributed by atoms with Crippen LogP contribution in [-0.4, -0.2) is 33.0 Å². The first-order valence-electron chi connectivity index (χ1n) is 7.05. The molecule has 2 amide bonds. The number of hydrogen-bond acceptors (Lipinski definition) is 5. The number of nitrogens with zero attached hydrogens (tertiary/aromatic N) is 1. The monoisotopic (exact) mass is 327 g/mol. The maximum absolute atomic E-state index is 11.9. The lowest BCUT2D eigenvalue weighted by Crippen LogP contribution is -2.42. The summed E-state index contributed by atoms with van der Waals surface area (Å²) in [7, 11) is 0. The van der Waals surface area contributed by atoms with Crippen LogP contribution in [0, 0.1) is 5.41 Å². The molecule has 0 radical (unpaired) electrons. The van der Waals surface area contributed by atoms with Gasteiger partial charge in [-0.25, -0.2) is 0 Å². The van der Waals surface area contributed by atoms with Crippen molar-refractivity contribution in [3.63, 3.8) is 0 Å². The van der Waals surface area contributed by atoms with E-state index in [0.717, 1.165) is 6.92 Å². The molecule has 2 aromatic carbocycles. The molecule has 124 valence electrons. The van der Waals surface area contributed by atoms with Gasteiger partial charge in [0.15, 0.2) is 11.4 Å². The molecule has 0 aliphatic rings. The molecule has 0 aromatic heterocycles. The van der Waals surface area contributed by atoms with Crippen LogP contribution in [0.5, 0.6) is 0 Å². The van der Waals surface area contributed by atoms with Gasteiger partial charge in [-0.2, -0.15) is 5.06 Å². The summed E-state index contributed by atoms with van der Waals surface area (Å²) in [6, 6.07) is 13.9. The van der Waals surface area contributed by atoms with Crippen molar-refractivity contribution in [2.75, 3.05) is 0 Å². The number of primary amides is 1. The van der Waals surface area contributed by atoms with Gasteiger partial charge >= 0.3 is 0 Å². The predicted molar refractivity (Wildman–Crippen MR) is 86.2 cm³/mol. The van der Waals surface area contributed by atoms with Crippen molar-refractivity contribution in [3.05, 3.63) is 71.3 Å². The minimum Gasteiger partial charge on any atom is -0.372 e. The fourth-order valence-electron chi connectivity index (χ4n) is 2.28. The van der Waals surface area contributed by atoms with Crippen LogP contribution >= 0.6 is 0 Å². The Bertz CT molecular complexity index is 774. The van der Waals surface area contributed by atoms with Gasteiger partial charge in [0.25, 0.3) is 5.91 Å². The van der Waals surface area contributed by atoms with Crippen molar-refractivity contribution in [3.8, 4) is 0 Å². The van der Waals surface area contributed by atoms with E-state index < -0.39 is 23.3 Å². The van der Waals surface area contributed by atoms with Crippen molar-refractivity contribution in [2.24, 2.45) is 5.73 Å². The lowest BCUT2D eigenvalue weighted by molar-refractivity contribution is -0.146. The number of amidine groups is 1. The summed E-state index contributed by atoms with van der Waals surface area (Å²) in [4.78, 5) is 23.0. The highest BCUT2D eigenvalue weighted by Gasteiger charge is 2.38. The van der Waals surface area contributed by atoms with E-state index >= 15 is 0 Å². The molecular weight excluding hydrogens is 310 g/mol. The minimum absolute atomic E-state index is 0.201. The summed E-state index contributed by atoms with van der Waals surface area (Å²) < 4.78 is 0. The Balaban J connectivity index is 2.43. The summed E-state index contributed by atoms with van der Waals surface area (Å²) in [6.45, 7) is 1.12. The molecule has 2 aromatic rings. The molecule has 1 atom stereocenters. The number of nitrogens with one attached hydrogen (secondary N) is 1. The summed E-state index contributed by atoms with van der Waals surface area (Å²) in [5.74, 6) is -2.07. The number of nitrogens with two attached hydrogens (primary N) is 1. The molecule has 0 bridgehead atoms. The van der Waals surface area contributed by atoms with E-state index in [1.807, 2.05) is 0 Å². The Morgan fingerprint density at radius 3 is 2.00 bits per heavy atom. The SMILES string of the molecule is CC(=O)N(O)C(=N)c1ccc(C(O)(C(N)=O)c2ccccc2)cc1. The first-order valence-corrected chi connectivity index (χ1v) is 7.05. The largest absolute Gasteiger partial charge is 0.372 e. The Hall–Kier alpha value is -3.03. The minimum atomic E-state index is -2.03. The fraction of sp³-hybridized carbons (Fsp3) is 0.118. The van der Waals surface area contributed by atoms with E-state index in [1.165, 1.54) is 24.3 Å². The number of hydrogen-bond donors (Lipinski definition) is 4. The van der Waals surface area contributed by atoms with E-state index in [4.69, 9.17) is 11.1 Å². The van der Waals surface area contributed by atoms with E-state index in [0.29, 0.717) is 5.56 Å². The summed E-state index contributed by atoms with van der Waals surface area (Å²) in [6.07, 6.45) is 0. The van der Waals surface area contributed by atoms with Crippen molar-refractivity contribution < 1.29 is 19.9 Å².